The molecule has 0 aliphatic heterocycles. The molecule has 0 saturated carbocycles. The Bertz CT molecular complexity index is 576. The molecule has 2 aromatic rings. The van der Waals surface area contributed by atoms with Gasteiger partial charge in [0, 0.05) is 16.5 Å². The lowest BCUT2D eigenvalue weighted by Gasteiger charge is -2.08. The number of Topliss-reactive ketones (excluding diaryl/α,β-unsaturated/α-hetero) is 1. The summed E-state index contributed by atoms with van der Waals surface area (Å²) in [6, 6.07) is 15.4. The number of carbonyl (C=O) groups is 1. The van der Waals surface area contributed by atoms with Crippen molar-refractivity contribution in [1.29, 1.82) is 0 Å². The molecule has 0 heterocycles. The van der Waals surface area contributed by atoms with Crippen LogP contribution >= 0.6 is 15.9 Å². The first-order valence-corrected chi connectivity index (χ1v) is 7.43. The van der Waals surface area contributed by atoms with Gasteiger partial charge in [0.15, 0.2) is 5.78 Å². The topological polar surface area (TPSA) is 26.3 Å². The third-order valence-corrected chi connectivity index (χ3v) is 3.59. The minimum absolute atomic E-state index is 0.158. The van der Waals surface area contributed by atoms with Crippen molar-refractivity contribution >= 4 is 21.7 Å². The molecule has 0 aliphatic carbocycles. The summed E-state index contributed by atoms with van der Waals surface area (Å²) < 4.78 is 6.67. The van der Waals surface area contributed by atoms with Gasteiger partial charge in [-0.05, 0) is 37.1 Å². The van der Waals surface area contributed by atoms with E-state index < -0.39 is 0 Å². The smallest absolute Gasteiger partial charge is 0.163 e. The molecule has 0 bridgehead atoms. The van der Waals surface area contributed by atoms with Crippen LogP contribution in [-0.4, -0.2) is 12.4 Å². The van der Waals surface area contributed by atoms with Gasteiger partial charge >= 0.3 is 0 Å². The van der Waals surface area contributed by atoms with E-state index in [1.54, 1.807) is 0 Å². The molecule has 2 nitrogen and oxygen atoms in total. The lowest BCUT2D eigenvalue weighted by Crippen LogP contribution is -2.04. The maximum Gasteiger partial charge on any atom is 0.163 e. The van der Waals surface area contributed by atoms with Crippen molar-refractivity contribution in [2.75, 3.05) is 6.61 Å². The monoisotopic (exact) mass is 332 g/mol. The highest BCUT2D eigenvalue weighted by Crippen LogP contribution is 2.17. The molecule has 0 spiro atoms. The molecule has 104 valence electrons. The molecule has 0 aromatic heterocycles. The van der Waals surface area contributed by atoms with Crippen LogP contribution in [0.25, 0.3) is 0 Å². The maximum atomic E-state index is 12.0. The minimum Gasteiger partial charge on any atom is -0.493 e. The second kappa shape index (κ2) is 7.25. The van der Waals surface area contributed by atoms with Crippen molar-refractivity contribution in [3.8, 4) is 5.75 Å². The first-order valence-electron chi connectivity index (χ1n) is 6.64. The van der Waals surface area contributed by atoms with Gasteiger partial charge in [-0.15, -0.1) is 0 Å². The van der Waals surface area contributed by atoms with Crippen LogP contribution in [0.3, 0.4) is 0 Å². The van der Waals surface area contributed by atoms with Gasteiger partial charge in [-0.2, -0.15) is 0 Å². The molecule has 3 heteroatoms. The molecule has 20 heavy (non-hydrogen) atoms. The van der Waals surface area contributed by atoms with E-state index in [1.165, 1.54) is 0 Å². The van der Waals surface area contributed by atoms with Crippen LogP contribution in [0.4, 0.5) is 0 Å². The number of para-hydroxylation sites is 1. The van der Waals surface area contributed by atoms with E-state index in [4.69, 9.17) is 4.74 Å². The Morgan fingerprint density at radius 3 is 2.50 bits per heavy atom. The van der Waals surface area contributed by atoms with Gasteiger partial charge in [0.1, 0.15) is 5.75 Å². The molecular formula is C17H17BrO2. The summed E-state index contributed by atoms with van der Waals surface area (Å²) in [6.07, 6.45) is 1.23. The van der Waals surface area contributed by atoms with E-state index in [0.717, 1.165) is 27.8 Å². The quantitative estimate of drug-likeness (QED) is 0.561. The molecule has 2 rings (SSSR count). The Kier molecular flexibility index (Phi) is 5.36. The summed E-state index contributed by atoms with van der Waals surface area (Å²) in [7, 11) is 0. The average molecular weight is 333 g/mol. The number of ketones is 1. The number of rotatable bonds is 6. The van der Waals surface area contributed by atoms with Crippen LogP contribution in [0.15, 0.2) is 53.0 Å². The number of ether oxygens (including phenoxy) is 1. The zero-order chi connectivity index (χ0) is 14.4. The fourth-order valence-electron chi connectivity index (χ4n) is 1.91. The molecular weight excluding hydrogens is 316 g/mol. The molecule has 0 aliphatic rings. The number of halogens is 1. The van der Waals surface area contributed by atoms with Crippen molar-refractivity contribution in [3.63, 3.8) is 0 Å². The van der Waals surface area contributed by atoms with E-state index in [0.29, 0.717) is 13.0 Å². The molecule has 0 atom stereocenters. The number of benzene rings is 2. The summed E-state index contributed by atoms with van der Waals surface area (Å²) in [5.41, 5.74) is 1.87. The van der Waals surface area contributed by atoms with Gasteiger partial charge in [-0.25, -0.2) is 0 Å². The summed E-state index contributed by atoms with van der Waals surface area (Å²) >= 11 is 3.36. The first-order chi connectivity index (χ1) is 9.66. The third kappa shape index (κ3) is 4.20. The van der Waals surface area contributed by atoms with Crippen LogP contribution in [0, 0.1) is 6.92 Å². The largest absolute Gasteiger partial charge is 0.493 e. The minimum atomic E-state index is 0.158. The Morgan fingerprint density at radius 1 is 1.10 bits per heavy atom. The highest BCUT2D eigenvalue weighted by molar-refractivity contribution is 9.10. The van der Waals surface area contributed by atoms with E-state index in [9.17, 15) is 4.79 Å². The highest BCUT2D eigenvalue weighted by atomic mass is 79.9. The van der Waals surface area contributed by atoms with Crippen molar-refractivity contribution in [3.05, 3.63) is 64.1 Å². The molecule has 0 unspecified atom stereocenters. The number of hydrogen-bond acceptors (Lipinski definition) is 2. The third-order valence-electron chi connectivity index (χ3n) is 3.07. The Hall–Kier alpha value is -1.61. The Morgan fingerprint density at radius 2 is 1.80 bits per heavy atom. The van der Waals surface area contributed by atoms with Crippen molar-refractivity contribution in [1.82, 2.24) is 0 Å². The average Bonchev–Trinajstić information content (AvgIpc) is 2.46. The zero-order valence-electron chi connectivity index (χ0n) is 11.4. The van der Waals surface area contributed by atoms with E-state index in [-0.39, 0.29) is 5.78 Å². The van der Waals surface area contributed by atoms with E-state index >= 15 is 0 Å². The summed E-state index contributed by atoms with van der Waals surface area (Å²) in [5.74, 6) is 1.05. The predicted molar refractivity (Wildman–Crippen MR) is 84.4 cm³/mol. The fourth-order valence-corrected chi connectivity index (χ4v) is 2.18. The lowest BCUT2D eigenvalue weighted by molar-refractivity contribution is 0.0973. The summed E-state index contributed by atoms with van der Waals surface area (Å²) in [6.45, 7) is 2.58. The Balaban J connectivity index is 1.77. The predicted octanol–water partition coefficient (Wildman–Crippen LogP) is 4.80. The first kappa shape index (κ1) is 14.8. The lowest BCUT2D eigenvalue weighted by atomic mass is 10.1. The normalized spacial score (nSPS) is 10.3. The van der Waals surface area contributed by atoms with Crippen LogP contribution < -0.4 is 4.74 Å². The van der Waals surface area contributed by atoms with Crippen molar-refractivity contribution in [2.24, 2.45) is 0 Å². The molecule has 0 radical (unpaired) electrons. The second-order valence-electron chi connectivity index (χ2n) is 4.65. The van der Waals surface area contributed by atoms with Gasteiger partial charge in [0.2, 0.25) is 0 Å². The van der Waals surface area contributed by atoms with Crippen LogP contribution in [0.2, 0.25) is 0 Å². The second-order valence-corrected chi connectivity index (χ2v) is 5.56. The van der Waals surface area contributed by atoms with Crippen LogP contribution in [-0.2, 0) is 0 Å². The number of aryl methyl sites for hydroxylation is 1. The van der Waals surface area contributed by atoms with Gasteiger partial charge in [0.25, 0.3) is 0 Å². The van der Waals surface area contributed by atoms with Gasteiger partial charge in [-0.3, -0.25) is 4.79 Å². The maximum absolute atomic E-state index is 12.0. The number of hydrogen-bond donors (Lipinski definition) is 0. The Labute approximate surface area is 127 Å². The molecule has 0 N–H and O–H groups in total. The highest BCUT2D eigenvalue weighted by Gasteiger charge is 2.05. The fraction of sp³-hybridized carbons (Fsp3) is 0.235. The van der Waals surface area contributed by atoms with E-state index in [1.807, 2.05) is 55.5 Å². The zero-order valence-corrected chi connectivity index (χ0v) is 13.0. The van der Waals surface area contributed by atoms with Gasteiger partial charge < -0.3 is 4.74 Å². The summed E-state index contributed by atoms with van der Waals surface area (Å²) in [4.78, 5) is 12.0. The van der Waals surface area contributed by atoms with Crippen LogP contribution in [0.5, 0.6) is 5.75 Å². The van der Waals surface area contributed by atoms with Gasteiger partial charge in [0.05, 0.1) is 6.61 Å². The molecule has 2 aromatic carbocycles. The number of carbonyl (C=O) groups excluding carboxylic acids is 1. The molecule has 0 amide bonds. The van der Waals surface area contributed by atoms with E-state index in [2.05, 4.69) is 15.9 Å². The van der Waals surface area contributed by atoms with Crippen molar-refractivity contribution < 1.29 is 9.53 Å². The van der Waals surface area contributed by atoms with Gasteiger partial charge in [-0.1, -0.05) is 46.3 Å². The molecule has 0 fully saturated rings. The summed E-state index contributed by atoms with van der Waals surface area (Å²) in [5, 5.41) is 0. The standard InChI is InChI=1S/C17H17BrO2/c1-13-5-2-3-7-17(13)20-12-4-6-16(19)14-8-10-15(18)11-9-14/h2-3,5,7-11H,4,6,12H2,1H3. The SMILES string of the molecule is Cc1ccccc1OCCCC(=O)c1ccc(Br)cc1. The van der Waals surface area contributed by atoms with Crippen molar-refractivity contribution in [2.45, 2.75) is 19.8 Å². The van der Waals surface area contributed by atoms with Crippen LogP contribution in [0.1, 0.15) is 28.8 Å². The molecule has 0 saturated heterocycles.